The van der Waals surface area contributed by atoms with E-state index in [9.17, 15) is 4.79 Å². The number of hydrogen-bond donors (Lipinski definition) is 1. The largest absolute Gasteiger partial charge is 0.369 e. The number of carbonyl (C=O) groups is 1. The summed E-state index contributed by atoms with van der Waals surface area (Å²) < 4.78 is 0. The SMILES string of the molecule is C.CN(c1ccnc2[nH]ccc12)C1CCCN(C(=O)CC#N)C1. The Morgan fingerprint density at radius 2 is 2.39 bits per heavy atom. The summed E-state index contributed by atoms with van der Waals surface area (Å²) in [7, 11) is 2.06. The number of H-pyrrole nitrogens is 1. The minimum atomic E-state index is -0.0675. The smallest absolute Gasteiger partial charge is 0.236 e. The van der Waals surface area contributed by atoms with Crippen LogP contribution in [0.3, 0.4) is 0 Å². The van der Waals surface area contributed by atoms with Gasteiger partial charge in [0, 0.05) is 49.6 Å². The summed E-state index contributed by atoms with van der Waals surface area (Å²) in [5.41, 5.74) is 1.99. The maximum absolute atomic E-state index is 11.9. The minimum Gasteiger partial charge on any atom is -0.369 e. The Labute approximate surface area is 136 Å². The molecule has 0 saturated carbocycles. The summed E-state index contributed by atoms with van der Waals surface area (Å²) >= 11 is 0. The molecule has 122 valence electrons. The Morgan fingerprint density at radius 3 is 3.17 bits per heavy atom. The van der Waals surface area contributed by atoms with E-state index < -0.39 is 0 Å². The van der Waals surface area contributed by atoms with Crippen LogP contribution in [0.15, 0.2) is 24.5 Å². The van der Waals surface area contributed by atoms with E-state index in [1.165, 1.54) is 0 Å². The zero-order valence-electron chi connectivity index (χ0n) is 12.6. The zero-order chi connectivity index (χ0) is 15.5. The number of nitriles is 1. The second-order valence-electron chi connectivity index (χ2n) is 5.65. The molecule has 0 bridgehead atoms. The topological polar surface area (TPSA) is 76.0 Å². The van der Waals surface area contributed by atoms with E-state index in [1.807, 2.05) is 29.3 Å². The molecule has 1 N–H and O–H groups in total. The average Bonchev–Trinajstić information content (AvgIpc) is 3.03. The highest BCUT2D eigenvalue weighted by molar-refractivity contribution is 5.89. The molecular weight excluding hydrogens is 290 g/mol. The molecule has 3 rings (SSSR count). The molecule has 6 heteroatoms. The van der Waals surface area contributed by atoms with E-state index in [4.69, 9.17) is 5.26 Å². The van der Waals surface area contributed by atoms with Gasteiger partial charge in [-0.1, -0.05) is 7.43 Å². The van der Waals surface area contributed by atoms with Gasteiger partial charge in [-0.2, -0.15) is 5.26 Å². The van der Waals surface area contributed by atoms with Gasteiger partial charge >= 0.3 is 0 Å². The van der Waals surface area contributed by atoms with Crippen molar-refractivity contribution in [3.05, 3.63) is 24.5 Å². The van der Waals surface area contributed by atoms with Crippen molar-refractivity contribution < 1.29 is 4.79 Å². The van der Waals surface area contributed by atoms with Gasteiger partial charge in [0.25, 0.3) is 0 Å². The Kier molecular flexibility index (Phi) is 5.22. The summed E-state index contributed by atoms with van der Waals surface area (Å²) in [6.45, 7) is 1.42. The molecule has 6 nitrogen and oxygen atoms in total. The lowest BCUT2D eigenvalue weighted by atomic mass is 10.0. The molecule has 0 spiro atoms. The monoisotopic (exact) mass is 313 g/mol. The molecule has 0 aliphatic carbocycles. The van der Waals surface area contributed by atoms with Crippen molar-refractivity contribution >= 4 is 22.6 Å². The molecule has 1 amide bonds. The highest BCUT2D eigenvalue weighted by atomic mass is 16.2. The van der Waals surface area contributed by atoms with Gasteiger partial charge in [0.15, 0.2) is 0 Å². The quantitative estimate of drug-likeness (QED) is 0.944. The van der Waals surface area contributed by atoms with Crippen molar-refractivity contribution in [1.82, 2.24) is 14.9 Å². The van der Waals surface area contributed by atoms with Gasteiger partial charge in [-0.25, -0.2) is 4.98 Å². The number of piperidine rings is 1. The molecule has 2 aromatic heterocycles. The molecule has 23 heavy (non-hydrogen) atoms. The summed E-state index contributed by atoms with van der Waals surface area (Å²) in [5.74, 6) is -0.0675. The fraction of sp³-hybridized carbons (Fsp3) is 0.471. The predicted octanol–water partition coefficient (Wildman–Crippen LogP) is 2.54. The summed E-state index contributed by atoms with van der Waals surface area (Å²) in [6, 6.07) is 6.23. The van der Waals surface area contributed by atoms with Crippen molar-refractivity contribution in [1.29, 1.82) is 5.26 Å². The average molecular weight is 313 g/mol. The summed E-state index contributed by atoms with van der Waals surface area (Å²) in [4.78, 5) is 23.4. The van der Waals surface area contributed by atoms with E-state index in [0.717, 1.165) is 36.1 Å². The fourth-order valence-electron chi connectivity index (χ4n) is 3.13. The van der Waals surface area contributed by atoms with Crippen LogP contribution >= 0.6 is 0 Å². The second kappa shape index (κ2) is 7.14. The van der Waals surface area contributed by atoms with Crippen LogP contribution in [0.2, 0.25) is 0 Å². The first-order valence-corrected chi connectivity index (χ1v) is 7.50. The molecule has 1 fully saturated rings. The Morgan fingerprint density at radius 1 is 1.57 bits per heavy atom. The Hall–Kier alpha value is -2.55. The summed E-state index contributed by atoms with van der Waals surface area (Å²) in [6.07, 6.45) is 5.66. The molecule has 0 aromatic carbocycles. The van der Waals surface area contributed by atoms with Crippen molar-refractivity contribution in [2.75, 3.05) is 25.0 Å². The lowest BCUT2D eigenvalue weighted by Crippen LogP contribution is -2.48. The maximum Gasteiger partial charge on any atom is 0.236 e. The van der Waals surface area contributed by atoms with Gasteiger partial charge in [0.05, 0.1) is 6.07 Å². The standard InChI is InChI=1S/C16H19N5O.CH4/c1-20(14-6-9-19-16-13(14)5-8-18-16)12-3-2-10-21(11-12)15(22)4-7-17;/h5-6,8-9,12H,2-4,10-11H2,1H3,(H,18,19);1H4. The van der Waals surface area contributed by atoms with Gasteiger partial charge in [0.2, 0.25) is 5.91 Å². The minimum absolute atomic E-state index is 0. The molecule has 1 unspecified atom stereocenters. The number of aromatic amines is 1. The number of anilines is 1. The zero-order valence-corrected chi connectivity index (χ0v) is 12.6. The third kappa shape index (κ3) is 3.29. The first kappa shape index (κ1) is 16.8. The Bertz CT molecular complexity index is 717. The number of fused-ring (bicyclic) bond motifs is 1. The molecular formula is C17H23N5O. The molecule has 1 aliphatic rings. The third-order valence-corrected chi connectivity index (χ3v) is 4.34. The van der Waals surface area contributed by atoms with Crippen LogP contribution in [-0.4, -0.2) is 47.0 Å². The van der Waals surface area contributed by atoms with E-state index in [-0.39, 0.29) is 25.8 Å². The highest BCUT2D eigenvalue weighted by Gasteiger charge is 2.27. The van der Waals surface area contributed by atoms with Crippen LogP contribution in [0.1, 0.15) is 26.7 Å². The van der Waals surface area contributed by atoms with Gasteiger partial charge in [0.1, 0.15) is 12.1 Å². The normalized spacial score (nSPS) is 17.4. The number of likely N-dealkylation sites (N-methyl/N-ethyl adjacent to an activating group) is 1. The van der Waals surface area contributed by atoms with E-state index in [2.05, 4.69) is 21.9 Å². The summed E-state index contributed by atoms with van der Waals surface area (Å²) in [5, 5.41) is 9.79. The second-order valence-corrected chi connectivity index (χ2v) is 5.65. The number of aromatic nitrogens is 2. The van der Waals surface area contributed by atoms with Crippen molar-refractivity contribution in [3.63, 3.8) is 0 Å². The third-order valence-electron chi connectivity index (χ3n) is 4.34. The predicted molar refractivity (Wildman–Crippen MR) is 91.1 cm³/mol. The molecule has 2 aromatic rings. The number of likely N-dealkylation sites (tertiary alicyclic amines) is 1. The molecule has 1 aliphatic heterocycles. The van der Waals surface area contributed by atoms with Crippen LogP contribution in [0.5, 0.6) is 0 Å². The lowest BCUT2D eigenvalue weighted by Gasteiger charge is -2.38. The Balaban J connectivity index is 0.00000192. The molecule has 3 heterocycles. The van der Waals surface area contributed by atoms with Crippen LogP contribution in [-0.2, 0) is 4.79 Å². The molecule has 0 radical (unpaired) electrons. The molecule has 1 saturated heterocycles. The van der Waals surface area contributed by atoms with E-state index >= 15 is 0 Å². The van der Waals surface area contributed by atoms with Crippen molar-refractivity contribution in [2.24, 2.45) is 0 Å². The van der Waals surface area contributed by atoms with Gasteiger partial charge in [-0.15, -0.1) is 0 Å². The van der Waals surface area contributed by atoms with Crippen LogP contribution in [0.4, 0.5) is 5.69 Å². The lowest BCUT2D eigenvalue weighted by molar-refractivity contribution is -0.131. The van der Waals surface area contributed by atoms with Gasteiger partial charge in [-0.3, -0.25) is 4.79 Å². The highest BCUT2D eigenvalue weighted by Crippen LogP contribution is 2.27. The first-order chi connectivity index (χ1) is 10.7. The number of carbonyl (C=O) groups excluding carboxylic acids is 1. The maximum atomic E-state index is 11.9. The number of amides is 1. The number of rotatable bonds is 3. The van der Waals surface area contributed by atoms with Crippen molar-refractivity contribution in [3.8, 4) is 6.07 Å². The number of pyridine rings is 1. The number of hydrogen-bond acceptors (Lipinski definition) is 4. The van der Waals surface area contributed by atoms with Gasteiger partial charge < -0.3 is 14.8 Å². The van der Waals surface area contributed by atoms with E-state index in [0.29, 0.717) is 6.54 Å². The van der Waals surface area contributed by atoms with E-state index in [1.54, 1.807) is 6.20 Å². The number of nitrogens with zero attached hydrogens (tertiary/aromatic N) is 4. The number of nitrogens with one attached hydrogen (secondary N) is 1. The van der Waals surface area contributed by atoms with Crippen LogP contribution < -0.4 is 4.90 Å². The van der Waals surface area contributed by atoms with Crippen LogP contribution in [0, 0.1) is 11.3 Å². The first-order valence-electron chi connectivity index (χ1n) is 7.50. The van der Waals surface area contributed by atoms with Crippen molar-refractivity contribution in [2.45, 2.75) is 32.7 Å². The van der Waals surface area contributed by atoms with Crippen LogP contribution in [0.25, 0.3) is 11.0 Å². The molecule has 1 atom stereocenters. The fourth-order valence-corrected chi connectivity index (χ4v) is 3.13. The van der Waals surface area contributed by atoms with Gasteiger partial charge in [-0.05, 0) is 25.0 Å².